The minimum atomic E-state index is -0.356. The van der Waals surface area contributed by atoms with E-state index in [1.54, 1.807) is 23.6 Å². The van der Waals surface area contributed by atoms with Gasteiger partial charge in [0.05, 0.1) is 5.92 Å². The first kappa shape index (κ1) is 20.0. The minimum absolute atomic E-state index is 0.0930. The van der Waals surface area contributed by atoms with Crippen LogP contribution >= 0.6 is 27.3 Å². The van der Waals surface area contributed by atoms with Crippen molar-refractivity contribution in [1.82, 2.24) is 10.3 Å². The Hall–Kier alpha value is -2.25. The van der Waals surface area contributed by atoms with Gasteiger partial charge in [0.1, 0.15) is 5.82 Å². The van der Waals surface area contributed by atoms with E-state index in [9.17, 15) is 9.59 Å². The van der Waals surface area contributed by atoms with E-state index in [0.717, 1.165) is 32.7 Å². The Morgan fingerprint density at radius 1 is 1.31 bits per heavy atom. The molecule has 0 bridgehead atoms. The molecule has 1 unspecified atom stereocenters. The molecule has 0 saturated heterocycles. The number of rotatable bonds is 3. The number of halogens is 1. The molecule has 2 N–H and O–H groups in total. The second-order valence-corrected chi connectivity index (χ2v) is 10.2. The maximum Gasteiger partial charge on any atom is 0.255 e. The van der Waals surface area contributed by atoms with Gasteiger partial charge >= 0.3 is 0 Å². The van der Waals surface area contributed by atoms with Gasteiger partial charge in [0, 0.05) is 44.5 Å². The molecule has 3 heterocycles. The van der Waals surface area contributed by atoms with E-state index in [0.29, 0.717) is 17.8 Å². The van der Waals surface area contributed by atoms with Crippen molar-refractivity contribution in [2.45, 2.75) is 39.5 Å². The Kier molecular flexibility index (Phi) is 5.21. The number of nitrogens with one attached hydrogen (secondary N) is 2. The summed E-state index contributed by atoms with van der Waals surface area (Å²) < 4.78 is 0.840. The molecule has 0 radical (unpaired) electrons. The number of dihydropyridines is 1. The summed E-state index contributed by atoms with van der Waals surface area (Å²) in [6, 6.07) is 7.53. The lowest BCUT2D eigenvalue weighted by molar-refractivity contribution is -0.118. The number of anilines is 1. The molecule has 2 aromatic rings. The highest BCUT2D eigenvalue weighted by molar-refractivity contribution is 9.10. The molecule has 0 saturated carbocycles. The van der Waals surface area contributed by atoms with Crippen LogP contribution in [0.2, 0.25) is 0 Å². The Morgan fingerprint density at radius 2 is 2.10 bits per heavy atom. The lowest BCUT2D eigenvalue weighted by Crippen LogP contribution is -2.39. The smallest absolute Gasteiger partial charge is 0.255 e. The number of carbonyl (C=O) groups excluding carboxylic acids is 2. The summed E-state index contributed by atoms with van der Waals surface area (Å²) in [5.74, 6) is -0.0151. The van der Waals surface area contributed by atoms with Crippen LogP contribution in [0.5, 0.6) is 0 Å². The number of pyridine rings is 1. The minimum Gasteiger partial charge on any atom is -0.362 e. The summed E-state index contributed by atoms with van der Waals surface area (Å²) in [6.07, 6.45) is 2.91. The van der Waals surface area contributed by atoms with Crippen LogP contribution in [0.15, 0.2) is 62.9 Å². The van der Waals surface area contributed by atoms with Gasteiger partial charge in [0.15, 0.2) is 5.78 Å². The quantitative estimate of drug-likeness (QED) is 0.649. The number of ketones is 1. The Balaban J connectivity index is 1.75. The summed E-state index contributed by atoms with van der Waals surface area (Å²) in [7, 11) is 0. The third-order valence-electron chi connectivity index (χ3n) is 5.28. The van der Waals surface area contributed by atoms with E-state index in [1.165, 1.54) is 0 Å². The number of Topliss-reactive ketones (excluding diaryl/α,β-unsaturated/α-hetero) is 1. The number of hydrogen-bond acceptors (Lipinski definition) is 5. The van der Waals surface area contributed by atoms with Crippen molar-refractivity contribution in [3.05, 3.63) is 67.7 Å². The SMILES string of the molecule is CC1=C(C(=O)Nc2ccc(Br)cn2)C(c2cccs2)C2=C(CC(C)(C)CC2=O)N1. The first-order chi connectivity index (χ1) is 13.7. The van der Waals surface area contributed by atoms with Crippen molar-refractivity contribution >= 4 is 44.8 Å². The second kappa shape index (κ2) is 7.54. The lowest BCUT2D eigenvalue weighted by Gasteiger charge is -2.39. The average molecular weight is 472 g/mol. The van der Waals surface area contributed by atoms with Gasteiger partial charge in [-0.1, -0.05) is 19.9 Å². The maximum atomic E-state index is 13.3. The predicted molar refractivity (Wildman–Crippen MR) is 119 cm³/mol. The molecule has 1 atom stereocenters. The molecule has 0 fully saturated rings. The third-order valence-corrected chi connectivity index (χ3v) is 6.69. The van der Waals surface area contributed by atoms with Crippen LogP contribution in [0.3, 0.4) is 0 Å². The molecule has 150 valence electrons. The molecule has 2 aromatic heterocycles. The highest BCUT2D eigenvalue weighted by atomic mass is 79.9. The third kappa shape index (κ3) is 3.94. The van der Waals surface area contributed by atoms with Gasteiger partial charge in [0.2, 0.25) is 0 Å². The largest absolute Gasteiger partial charge is 0.362 e. The monoisotopic (exact) mass is 471 g/mol. The lowest BCUT2D eigenvalue weighted by atomic mass is 9.69. The van der Waals surface area contributed by atoms with E-state index < -0.39 is 0 Å². The molecule has 1 aliphatic carbocycles. The molecule has 29 heavy (non-hydrogen) atoms. The van der Waals surface area contributed by atoms with Crippen molar-refractivity contribution < 1.29 is 9.59 Å². The number of nitrogens with zero attached hydrogens (tertiary/aromatic N) is 1. The van der Waals surface area contributed by atoms with Crippen LogP contribution in [0, 0.1) is 5.41 Å². The van der Waals surface area contributed by atoms with Crippen molar-refractivity contribution in [3.8, 4) is 0 Å². The Labute approximate surface area is 182 Å². The van der Waals surface area contributed by atoms with Crippen molar-refractivity contribution in [1.29, 1.82) is 0 Å². The molecule has 4 rings (SSSR count). The van der Waals surface area contributed by atoms with E-state index in [-0.39, 0.29) is 23.0 Å². The Morgan fingerprint density at radius 3 is 2.76 bits per heavy atom. The molecule has 0 aromatic carbocycles. The standard InChI is InChI=1S/C22H22BrN3O2S/c1-12-18(21(28)26-17-7-6-13(23)11-24-17)20(16-5-4-8-29-16)19-14(25-12)9-22(2,3)10-15(19)27/h4-8,11,20,25H,9-10H2,1-3H3,(H,24,26,28). The maximum absolute atomic E-state index is 13.3. The van der Waals surface area contributed by atoms with Crippen LogP contribution in [0.25, 0.3) is 0 Å². The predicted octanol–water partition coefficient (Wildman–Crippen LogP) is 5.15. The zero-order valence-corrected chi connectivity index (χ0v) is 18.9. The molecule has 2 aliphatic rings. The van der Waals surface area contributed by atoms with Gasteiger partial charge in [-0.15, -0.1) is 11.3 Å². The fourth-order valence-corrected chi connectivity index (χ4v) is 5.19. The summed E-state index contributed by atoms with van der Waals surface area (Å²) in [4.78, 5) is 31.7. The zero-order chi connectivity index (χ0) is 20.8. The van der Waals surface area contributed by atoms with Crippen molar-refractivity contribution in [3.63, 3.8) is 0 Å². The van der Waals surface area contributed by atoms with Crippen LogP contribution in [-0.4, -0.2) is 16.7 Å². The summed E-state index contributed by atoms with van der Waals surface area (Å²) >= 11 is 4.92. The van der Waals surface area contributed by atoms with Gasteiger partial charge < -0.3 is 10.6 Å². The number of amides is 1. The molecule has 1 amide bonds. The number of carbonyl (C=O) groups is 2. The summed E-state index contributed by atoms with van der Waals surface area (Å²) in [6.45, 7) is 6.12. The summed E-state index contributed by atoms with van der Waals surface area (Å²) in [5.41, 5.74) is 2.93. The first-order valence-electron chi connectivity index (χ1n) is 9.45. The highest BCUT2D eigenvalue weighted by Gasteiger charge is 2.43. The van der Waals surface area contributed by atoms with E-state index in [1.807, 2.05) is 30.5 Å². The van der Waals surface area contributed by atoms with Crippen LogP contribution < -0.4 is 10.6 Å². The first-order valence-corrected chi connectivity index (χ1v) is 11.1. The van der Waals surface area contributed by atoms with E-state index in [2.05, 4.69) is 45.4 Å². The number of allylic oxidation sites excluding steroid dienone is 3. The molecule has 1 aliphatic heterocycles. The van der Waals surface area contributed by atoms with Gasteiger partial charge in [0.25, 0.3) is 5.91 Å². The van der Waals surface area contributed by atoms with Gasteiger partial charge in [-0.2, -0.15) is 0 Å². The average Bonchev–Trinajstić information content (AvgIpc) is 3.15. The van der Waals surface area contributed by atoms with Gasteiger partial charge in [-0.25, -0.2) is 4.98 Å². The van der Waals surface area contributed by atoms with Crippen LogP contribution in [-0.2, 0) is 9.59 Å². The van der Waals surface area contributed by atoms with Crippen LogP contribution in [0.4, 0.5) is 5.82 Å². The fraction of sp³-hybridized carbons (Fsp3) is 0.318. The number of aromatic nitrogens is 1. The van der Waals surface area contributed by atoms with Gasteiger partial charge in [-0.3, -0.25) is 9.59 Å². The molecule has 7 heteroatoms. The second-order valence-electron chi connectivity index (χ2n) is 8.26. The van der Waals surface area contributed by atoms with Crippen molar-refractivity contribution in [2.75, 3.05) is 5.32 Å². The van der Waals surface area contributed by atoms with Crippen LogP contribution in [0.1, 0.15) is 44.4 Å². The molecular formula is C22H22BrN3O2S. The van der Waals surface area contributed by atoms with E-state index in [4.69, 9.17) is 0 Å². The zero-order valence-electron chi connectivity index (χ0n) is 16.5. The Bertz CT molecular complexity index is 1040. The summed E-state index contributed by atoms with van der Waals surface area (Å²) in [5, 5.41) is 8.25. The van der Waals surface area contributed by atoms with Crippen molar-refractivity contribution in [2.24, 2.45) is 5.41 Å². The topological polar surface area (TPSA) is 71.1 Å². The molecule has 0 spiro atoms. The molecule has 5 nitrogen and oxygen atoms in total. The highest BCUT2D eigenvalue weighted by Crippen LogP contribution is 2.47. The normalized spacial score (nSPS) is 21.0. The number of thiophene rings is 1. The van der Waals surface area contributed by atoms with E-state index >= 15 is 0 Å². The number of hydrogen-bond donors (Lipinski definition) is 2. The van der Waals surface area contributed by atoms with Gasteiger partial charge in [-0.05, 0) is 58.3 Å². The molecular weight excluding hydrogens is 450 g/mol. The fourth-order valence-electron chi connectivity index (χ4n) is 4.11.